The van der Waals surface area contributed by atoms with E-state index < -0.39 is 34.0 Å². The fourth-order valence-corrected chi connectivity index (χ4v) is 1.05. The zero-order valence-corrected chi connectivity index (χ0v) is 7.38. The van der Waals surface area contributed by atoms with Crippen LogP contribution in [-0.4, -0.2) is 16.0 Å². The molecular weight excluding hydrogens is 207 g/mol. The van der Waals surface area contributed by atoms with Gasteiger partial charge in [-0.2, -0.15) is 4.39 Å². The Hall–Kier alpha value is -2.02. The number of halogens is 1. The number of nitrogens with two attached hydrogens (primary N) is 1. The van der Waals surface area contributed by atoms with Crippen molar-refractivity contribution in [1.29, 1.82) is 0 Å². The number of carbonyl (C=O) groups is 1. The second kappa shape index (κ2) is 4.01. The summed E-state index contributed by atoms with van der Waals surface area (Å²) in [6.07, 6.45) is 0. The molecular formula is C8H7FN2O4. The van der Waals surface area contributed by atoms with Gasteiger partial charge in [-0.3, -0.25) is 14.9 Å². The maximum absolute atomic E-state index is 13.3. The molecule has 0 aliphatic heterocycles. The number of nitro groups is 1. The molecule has 1 atom stereocenters. The van der Waals surface area contributed by atoms with Crippen LogP contribution < -0.4 is 5.73 Å². The third kappa shape index (κ3) is 2.08. The van der Waals surface area contributed by atoms with Crippen LogP contribution in [0.2, 0.25) is 0 Å². The Bertz CT molecular complexity index is 421. The average Bonchev–Trinajstić information content (AvgIpc) is 2.16. The monoisotopic (exact) mass is 214 g/mol. The number of hydrogen-bond donors (Lipinski definition) is 2. The molecule has 0 radical (unpaired) electrons. The van der Waals surface area contributed by atoms with Crippen molar-refractivity contribution in [1.82, 2.24) is 0 Å². The molecule has 0 fully saturated rings. The zero-order valence-electron chi connectivity index (χ0n) is 7.38. The van der Waals surface area contributed by atoms with Crippen molar-refractivity contribution in [2.24, 2.45) is 5.73 Å². The highest BCUT2D eigenvalue weighted by molar-refractivity contribution is 5.75. The van der Waals surface area contributed by atoms with Gasteiger partial charge in [0.2, 0.25) is 5.82 Å². The SMILES string of the molecule is NC(C(=O)O)c1cccc([N+](=O)[O-])c1F. The highest BCUT2D eigenvalue weighted by Gasteiger charge is 2.24. The van der Waals surface area contributed by atoms with Crippen molar-refractivity contribution in [2.45, 2.75) is 6.04 Å². The van der Waals surface area contributed by atoms with Gasteiger partial charge in [-0.05, 0) is 0 Å². The van der Waals surface area contributed by atoms with E-state index in [1.54, 1.807) is 0 Å². The summed E-state index contributed by atoms with van der Waals surface area (Å²) in [4.78, 5) is 19.9. The van der Waals surface area contributed by atoms with E-state index in [0.717, 1.165) is 12.1 Å². The van der Waals surface area contributed by atoms with E-state index in [4.69, 9.17) is 10.8 Å². The van der Waals surface area contributed by atoms with Crippen molar-refractivity contribution >= 4 is 11.7 Å². The smallest absolute Gasteiger partial charge is 0.325 e. The Morgan fingerprint density at radius 2 is 2.20 bits per heavy atom. The first kappa shape index (κ1) is 11.1. The number of carboxylic acids is 1. The fourth-order valence-electron chi connectivity index (χ4n) is 1.05. The van der Waals surface area contributed by atoms with E-state index >= 15 is 0 Å². The van der Waals surface area contributed by atoms with Crippen molar-refractivity contribution in [3.05, 3.63) is 39.7 Å². The number of aliphatic carboxylic acids is 1. The Balaban J connectivity index is 3.26. The predicted octanol–water partition coefficient (Wildman–Crippen LogP) is 0.818. The van der Waals surface area contributed by atoms with E-state index in [-0.39, 0.29) is 0 Å². The number of benzene rings is 1. The van der Waals surface area contributed by atoms with Gasteiger partial charge in [-0.1, -0.05) is 12.1 Å². The molecule has 3 N–H and O–H groups in total. The summed E-state index contributed by atoms with van der Waals surface area (Å²) >= 11 is 0. The molecule has 1 aromatic carbocycles. The van der Waals surface area contributed by atoms with Gasteiger partial charge < -0.3 is 10.8 Å². The number of carboxylic acid groups (broad SMARTS) is 1. The Morgan fingerprint density at radius 1 is 1.60 bits per heavy atom. The molecule has 0 aromatic heterocycles. The maximum Gasteiger partial charge on any atom is 0.325 e. The molecule has 0 amide bonds. The van der Waals surface area contributed by atoms with E-state index in [1.807, 2.05) is 0 Å². The molecule has 7 heteroatoms. The van der Waals surface area contributed by atoms with E-state index in [0.29, 0.717) is 0 Å². The molecule has 1 aromatic rings. The maximum atomic E-state index is 13.3. The highest BCUT2D eigenvalue weighted by Crippen LogP contribution is 2.23. The topological polar surface area (TPSA) is 106 Å². The van der Waals surface area contributed by atoms with Crippen LogP contribution in [0.5, 0.6) is 0 Å². The second-order valence-corrected chi connectivity index (χ2v) is 2.75. The molecule has 1 unspecified atom stereocenters. The lowest BCUT2D eigenvalue weighted by Crippen LogP contribution is -2.22. The van der Waals surface area contributed by atoms with Gasteiger partial charge in [-0.15, -0.1) is 0 Å². The fraction of sp³-hybridized carbons (Fsp3) is 0.125. The number of nitrogens with zero attached hydrogens (tertiary/aromatic N) is 1. The molecule has 0 aliphatic carbocycles. The van der Waals surface area contributed by atoms with Gasteiger partial charge in [0.05, 0.1) is 4.92 Å². The normalized spacial score (nSPS) is 12.1. The van der Waals surface area contributed by atoms with Crippen molar-refractivity contribution < 1.29 is 19.2 Å². The summed E-state index contributed by atoms with van der Waals surface area (Å²) in [5, 5.41) is 18.9. The summed E-state index contributed by atoms with van der Waals surface area (Å²) in [5.74, 6) is -2.66. The first-order valence-electron chi connectivity index (χ1n) is 3.86. The minimum atomic E-state index is -1.61. The van der Waals surface area contributed by atoms with Crippen LogP contribution in [0.3, 0.4) is 0 Å². The van der Waals surface area contributed by atoms with E-state index in [9.17, 15) is 19.3 Å². The quantitative estimate of drug-likeness (QED) is 0.572. The minimum absolute atomic E-state index is 0.406. The van der Waals surface area contributed by atoms with Gasteiger partial charge in [0.25, 0.3) is 0 Å². The highest BCUT2D eigenvalue weighted by atomic mass is 19.1. The molecule has 0 aliphatic rings. The summed E-state index contributed by atoms with van der Waals surface area (Å²) in [7, 11) is 0. The molecule has 0 saturated carbocycles. The lowest BCUT2D eigenvalue weighted by molar-refractivity contribution is -0.387. The largest absolute Gasteiger partial charge is 0.480 e. The molecule has 0 spiro atoms. The average molecular weight is 214 g/mol. The Labute approximate surface area is 83.3 Å². The first-order chi connectivity index (χ1) is 6.95. The molecule has 15 heavy (non-hydrogen) atoms. The lowest BCUT2D eigenvalue weighted by atomic mass is 10.1. The Morgan fingerprint density at radius 3 is 2.67 bits per heavy atom. The van der Waals surface area contributed by atoms with Gasteiger partial charge >= 0.3 is 11.7 Å². The van der Waals surface area contributed by atoms with Crippen LogP contribution in [0.4, 0.5) is 10.1 Å². The molecule has 0 bridgehead atoms. The van der Waals surface area contributed by atoms with Crippen LogP contribution in [0, 0.1) is 15.9 Å². The summed E-state index contributed by atoms with van der Waals surface area (Å²) in [5.41, 5.74) is 3.95. The molecule has 0 saturated heterocycles. The number of hydrogen-bond acceptors (Lipinski definition) is 4. The third-order valence-electron chi connectivity index (χ3n) is 1.81. The minimum Gasteiger partial charge on any atom is -0.480 e. The molecule has 0 heterocycles. The van der Waals surface area contributed by atoms with Gasteiger partial charge in [0, 0.05) is 11.6 Å². The van der Waals surface area contributed by atoms with Crippen molar-refractivity contribution in [3.63, 3.8) is 0 Å². The zero-order chi connectivity index (χ0) is 11.6. The number of nitro benzene ring substituents is 1. The predicted molar refractivity (Wildman–Crippen MR) is 47.6 cm³/mol. The summed E-state index contributed by atoms with van der Waals surface area (Å²) in [6, 6.07) is 1.61. The number of rotatable bonds is 3. The third-order valence-corrected chi connectivity index (χ3v) is 1.81. The lowest BCUT2D eigenvalue weighted by Gasteiger charge is -2.07. The van der Waals surface area contributed by atoms with Crippen LogP contribution >= 0.6 is 0 Å². The molecule has 6 nitrogen and oxygen atoms in total. The van der Waals surface area contributed by atoms with Crippen molar-refractivity contribution in [2.75, 3.05) is 0 Å². The van der Waals surface area contributed by atoms with Crippen LogP contribution in [0.25, 0.3) is 0 Å². The molecule has 1 rings (SSSR count). The van der Waals surface area contributed by atoms with Crippen molar-refractivity contribution in [3.8, 4) is 0 Å². The van der Waals surface area contributed by atoms with Gasteiger partial charge in [-0.25, -0.2) is 0 Å². The van der Waals surface area contributed by atoms with E-state index in [1.165, 1.54) is 6.07 Å². The first-order valence-corrected chi connectivity index (χ1v) is 3.86. The summed E-state index contributed by atoms with van der Waals surface area (Å²) < 4.78 is 13.3. The van der Waals surface area contributed by atoms with E-state index in [2.05, 4.69) is 0 Å². The van der Waals surface area contributed by atoms with Gasteiger partial charge in [0.15, 0.2) is 0 Å². The van der Waals surface area contributed by atoms with Crippen LogP contribution in [0.1, 0.15) is 11.6 Å². The molecule has 80 valence electrons. The second-order valence-electron chi connectivity index (χ2n) is 2.75. The summed E-state index contributed by atoms with van der Waals surface area (Å²) in [6.45, 7) is 0. The standard InChI is InChI=1S/C8H7FN2O4/c9-6-4(7(10)8(12)13)2-1-3-5(6)11(14)15/h1-3,7H,10H2,(H,12,13). The van der Waals surface area contributed by atoms with Gasteiger partial charge in [0.1, 0.15) is 6.04 Å². The van der Waals surface area contributed by atoms with Crippen LogP contribution in [-0.2, 0) is 4.79 Å². The van der Waals surface area contributed by atoms with Crippen LogP contribution in [0.15, 0.2) is 18.2 Å². The Kier molecular flexibility index (Phi) is 2.96.